The van der Waals surface area contributed by atoms with Crippen molar-refractivity contribution in [1.82, 2.24) is 14.8 Å². The molecule has 6 rings (SSSR count). The zero-order valence-corrected chi connectivity index (χ0v) is 23.1. The molecule has 0 atom stereocenters. The van der Waals surface area contributed by atoms with Gasteiger partial charge in [-0.15, -0.1) is 0 Å². The number of hydrogen-bond donors (Lipinski definition) is 0. The second-order valence-corrected chi connectivity index (χ2v) is 10.2. The van der Waals surface area contributed by atoms with Crippen LogP contribution in [-0.2, 0) is 12.8 Å². The first-order valence-electron chi connectivity index (χ1n) is 12.7. The van der Waals surface area contributed by atoms with E-state index in [1.807, 2.05) is 0 Å². The highest BCUT2D eigenvalue weighted by Crippen LogP contribution is 2.42. The van der Waals surface area contributed by atoms with E-state index in [2.05, 4.69) is 10.1 Å². The van der Waals surface area contributed by atoms with E-state index in [4.69, 9.17) is 27.9 Å². The zero-order valence-electron chi connectivity index (χ0n) is 21.5. The molecule has 0 unspecified atom stereocenters. The number of aromatic nitrogens is 3. The fourth-order valence-corrected chi connectivity index (χ4v) is 4.94. The summed E-state index contributed by atoms with van der Waals surface area (Å²) in [5.41, 5.74) is 1.05. The lowest BCUT2D eigenvalue weighted by Gasteiger charge is -2.13. The summed E-state index contributed by atoms with van der Waals surface area (Å²) in [7, 11) is 0. The molecule has 0 saturated heterocycles. The minimum absolute atomic E-state index is 0.0468. The van der Waals surface area contributed by atoms with E-state index < -0.39 is 17.6 Å². The Balaban J connectivity index is 1.46. The maximum atomic E-state index is 14.6. The Morgan fingerprint density at radius 3 is 2.14 bits per heavy atom. The third-order valence-corrected chi connectivity index (χ3v) is 7.26. The van der Waals surface area contributed by atoms with Gasteiger partial charge in [0.05, 0.1) is 27.4 Å². The highest BCUT2D eigenvalue weighted by Gasteiger charge is 2.36. The minimum atomic E-state index is -4.70. The van der Waals surface area contributed by atoms with Gasteiger partial charge in [-0.25, -0.2) is 14.1 Å². The molecule has 4 nitrogen and oxygen atoms in total. The molecule has 4 aromatic carbocycles. The fraction of sp³-hybridized carbons (Fsp3) is 0.0625. The van der Waals surface area contributed by atoms with Gasteiger partial charge in [-0.05, 0) is 66.7 Å². The molecule has 0 spiro atoms. The Labute approximate surface area is 247 Å². The van der Waals surface area contributed by atoms with Crippen LogP contribution >= 0.6 is 23.2 Å². The van der Waals surface area contributed by atoms with Gasteiger partial charge in [0.1, 0.15) is 23.9 Å². The second kappa shape index (κ2) is 11.1. The Morgan fingerprint density at radius 1 is 0.786 bits per heavy atom. The first-order valence-corrected chi connectivity index (χ1v) is 13.4. The molecule has 10 heteroatoms. The van der Waals surface area contributed by atoms with Gasteiger partial charge in [0.25, 0.3) is 0 Å². The summed E-state index contributed by atoms with van der Waals surface area (Å²) in [5, 5.41) is 5.16. The maximum absolute atomic E-state index is 14.6. The molecule has 0 aliphatic rings. The fourth-order valence-electron chi connectivity index (χ4n) is 4.59. The monoisotopic (exact) mass is 607 g/mol. The molecular formula is C32H19Cl2F4N3O. The van der Waals surface area contributed by atoms with Gasteiger partial charge >= 0.3 is 6.18 Å². The van der Waals surface area contributed by atoms with Crippen molar-refractivity contribution in [2.75, 3.05) is 0 Å². The summed E-state index contributed by atoms with van der Waals surface area (Å²) >= 11 is 12.1. The van der Waals surface area contributed by atoms with Crippen LogP contribution in [0.2, 0.25) is 10.0 Å². The maximum Gasteiger partial charge on any atom is 0.417 e. The Bertz CT molecular complexity index is 1870. The molecule has 0 aliphatic heterocycles. The third kappa shape index (κ3) is 5.43. The summed E-state index contributed by atoms with van der Waals surface area (Å²) < 4.78 is 65.1. The lowest BCUT2D eigenvalue weighted by atomic mass is 10.0. The average molecular weight is 608 g/mol. The SMILES string of the molecule is Fc1cccc(Cl)c1COc1ccc(-c2cc(C(F)(F)F)c3c(-c4ccc(Cl)cc4)nn(-c4ccccc4)c3n2)cc1. The number of alkyl halides is 3. The largest absolute Gasteiger partial charge is 0.489 e. The summed E-state index contributed by atoms with van der Waals surface area (Å²) in [5.74, 6) is -0.112. The highest BCUT2D eigenvalue weighted by atomic mass is 35.5. The highest BCUT2D eigenvalue weighted by molar-refractivity contribution is 6.31. The van der Waals surface area contributed by atoms with E-state index in [0.29, 0.717) is 27.6 Å². The summed E-state index contributed by atoms with van der Waals surface area (Å²) in [6.45, 7) is -0.114. The summed E-state index contributed by atoms with van der Waals surface area (Å²) in [6.07, 6.45) is -4.70. The number of nitrogens with zero attached hydrogens (tertiary/aromatic N) is 3. The van der Waals surface area contributed by atoms with E-state index in [0.717, 1.165) is 6.07 Å². The summed E-state index contributed by atoms with van der Waals surface area (Å²) in [4.78, 5) is 4.67. The number of halogens is 6. The van der Waals surface area contributed by atoms with Gasteiger partial charge in [0.2, 0.25) is 0 Å². The van der Waals surface area contributed by atoms with Crippen LogP contribution in [0.1, 0.15) is 11.1 Å². The van der Waals surface area contributed by atoms with Crippen molar-refractivity contribution in [3.05, 3.63) is 130 Å². The molecule has 2 aromatic heterocycles. The van der Waals surface area contributed by atoms with E-state index >= 15 is 0 Å². The Morgan fingerprint density at radius 2 is 1.48 bits per heavy atom. The molecule has 42 heavy (non-hydrogen) atoms. The molecule has 0 radical (unpaired) electrons. The molecule has 0 bridgehead atoms. The van der Waals surface area contributed by atoms with Gasteiger partial charge in [-0.3, -0.25) is 0 Å². The molecule has 210 valence electrons. The van der Waals surface area contributed by atoms with Crippen molar-refractivity contribution >= 4 is 34.2 Å². The van der Waals surface area contributed by atoms with Crippen molar-refractivity contribution < 1.29 is 22.3 Å². The lowest BCUT2D eigenvalue weighted by Crippen LogP contribution is -2.08. The van der Waals surface area contributed by atoms with Crippen LogP contribution < -0.4 is 4.74 Å². The van der Waals surface area contributed by atoms with Gasteiger partial charge in [-0.1, -0.05) is 59.6 Å². The number of rotatable bonds is 6. The van der Waals surface area contributed by atoms with E-state index in [1.54, 1.807) is 84.9 Å². The van der Waals surface area contributed by atoms with Crippen LogP contribution in [-0.4, -0.2) is 14.8 Å². The molecular weight excluding hydrogens is 589 g/mol. The molecule has 2 heterocycles. The standard InChI is InChI=1S/C32H19Cl2F4N3O/c33-21-13-9-20(10-14-21)30-29-25(32(36,37)38)17-28(39-31(29)41(40-30)22-5-2-1-3-6-22)19-11-15-23(16-12-19)42-18-24-26(34)7-4-8-27(24)35/h1-17H,18H2. The molecule has 0 aliphatic carbocycles. The molecule has 0 saturated carbocycles. The number of hydrogen-bond acceptors (Lipinski definition) is 3. The lowest BCUT2D eigenvalue weighted by molar-refractivity contribution is -0.136. The number of pyridine rings is 1. The van der Waals surface area contributed by atoms with Gasteiger partial charge in [0, 0.05) is 21.7 Å². The van der Waals surface area contributed by atoms with E-state index in [9.17, 15) is 17.6 Å². The molecule has 0 N–H and O–H groups in total. The first-order chi connectivity index (χ1) is 20.2. The van der Waals surface area contributed by atoms with Crippen molar-refractivity contribution in [2.24, 2.45) is 0 Å². The van der Waals surface area contributed by atoms with Crippen LogP contribution in [0.15, 0.2) is 103 Å². The van der Waals surface area contributed by atoms with Crippen molar-refractivity contribution in [3.8, 4) is 34.0 Å². The van der Waals surface area contributed by atoms with Crippen molar-refractivity contribution in [1.29, 1.82) is 0 Å². The predicted octanol–water partition coefficient (Wildman–Crippen LogP) is 9.80. The van der Waals surface area contributed by atoms with Gasteiger partial charge in [-0.2, -0.15) is 18.3 Å². The van der Waals surface area contributed by atoms with E-state index in [1.165, 1.54) is 16.8 Å². The number of ether oxygens (including phenoxy) is 1. The number of fused-ring (bicyclic) bond motifs is 1. The average Bonchev–Trinajstić information content (AvgIpc) is 3.36. The van der Waals surface area contributed by atoms with Crippen LogP contribution in [0.4, 0.5) is 17.6 Å². The molecule has 6 aromatic rings. The number of para-hydroxylation sites is 1. The van der Waals surface area contributed by atoms with Crippen LogP contribution in [0, 0.1) is 5.82 Å². The smallest absolute Gasteiger partial charge is 0.417 e. The molecule has 0 fully saturated rings. The second-order valence-electron chi connectivity index (χ2n) is 9.37. The minimum Gasteiger partial charge on any atom is -0.489 e. The topological polar surface area (TPSA) is 39.9 Å². The van der Waals surface area contributed by atoms with Crippen LogP contribution in [0.3, 0.4) is 0 Å². The zero-order chi connectivity index (χ0) is 29.4. The summed E-state index contributed by atoms with van der Waals surface area (Å²) in [6, 6.07) is 27.0. The third-order valence-electron chi connectivity index (χ3n) is 6.66. The van der Waals surface area contributed by atoms with E-state index in [-0.39, 0.29) is 39.6 Å². The Hall–Kier alpha value is -4.40. The van der Waals surface area contributed by atoms with Crippen molar-refractivity contribution in [3.63, 3.8) is 0 Å². The first kappa shape index (κ1) is 27.8. The normalized spacial score (nSPS) is 11.7. The quantitative estimate of drug-likeness (QED) is 0.177. The van der Waals surface area contributed by atoms with Crippen molar-refractivity contribution in [2.45, 2.75) is 12.8 Å². The Kier molecular flexibility index (Phi) is 7.35. The van der Waals surface area contributed by atoms with Crippen LogP contribution in [0.5, 0.6) is 5.75 Å². The molecule has 0 amide bonds. The predicted molar refractivity (Wildman–Crippen MR) is 155 cm³/mol. The van der Waals surface area contributed by atoms with Gasteiger partial charge < -0.3 is 4.74 Å². The van der Waals surface area contributed by atoms with Crippen LogP contribution in [0.25, 0.3) is 39.2 Å². The van der Waals surface area contributed by atoms with Gasteiger partial charge in [0.15, 0.2) is 5.65 Å². The number of benzene rings is 4.